The van der Waals surface area contributed by atoms with Crippen LogP contribution in [0.2, 0.25) is 0 Å². The summed E-state index contributed by atoms with van der Waals surface area (Å²) in [4.78, 5) is 22.2. The highest BCUT2D eigenvalue weighted by atomic mass is 16.6. The van der Waals surface area contributed by atoms with E-state index in [1.165, 1.54) is 6.92 Å². The smallest absolute Gasteiger partial charge is 0.220 e. The number of hydrogen-bond donors (Lipinski definition) is 1. The van der Waals surface area contributed by atoms with Crippen molar-refractivity contribution < 1.29 is 33.3 Å². The Morgan fingerprint density at radius 3 is 1.88 bits per heavy atom. The number of nitrogens with one attached hydrogen (secondary N) is 1. The molecule has 0 aliphatic carbocycles. The van der Waals surface area contributed by atoms with Crippen LogP contribution < -0.4 is 5.32 Å². The quantitative estimate of drug-likeness (QED) is 0.335. The van der Waals surface area contributed by atoms with Crippen LogP contribution in [0.25, 0.3) is 0 Å². The predicted octanol–water partition coefficient (Wildman–Crippen LogP) is 0.963. The zero-order valence-electron chi connectivity index (χ0n) is 16.4. The topological polar surface area (TPSA) is 92.3 Å². The Morgan fingerprint density at radius 1 is 0.808 bits per heavy atom. The molecule has 1 amide bonds. The molecule has 0 heterocycles. The monoisotopic (exact) mass is 377 g/mol. The van der Waals surface area contributed by atoms with Crippen LogP contribution in [0.4, 0.5) is 0 Å². The molecule has 0 fully saturated rings. The maximum atomic E-state index is 11.5. The third-order valence-electron chi connectivity index (χ3n) is 2.99. The SMILES string of the molecule is CC(=O)COCCOCCOCCOCCNC(=O)CCCOC(C)C. The molecule has 0 atom stereocenters. The van der Waals surface area contributed by atoms with Crippen molar-refractivity contribution in [3.05, 3.63) is 0 Å². The molecule has 0 unspecified atom stereocenters. The normalized spacial score (nSPS) is 11.1. The fourth-order valence-electron chi connectivity index (χ4n) is 1.78. The number of rotatable bonds is 19. The summed E-state index contributed by atoms with van der Waals surface area (Å²) in [6.45, 7) is 9.86. The summed E-state index contributed by atoms with van der Waals surface area (Å²) in [6, 6.07) is 0. The number of ether oxygens (including phenoxy) is 5. The van der Waals surface area contributed by atoms with Crippen LogP contribution in [-0.2, 0) is 33.3 Å². The van der Waals surface area contributed by atoms with Crippen LogP contribution in [0.15, 0.2) is 0 Å². The largest absolute Gasteiger partial charge is 0.379 e. The minimum absolute atomic E-state index is 0.00383. The summed E-state index contributed by atoms with van der Waals surface area (Å²) in [6.07, 6.45) is 1.39. The Balaban J connectivity index is 3.15. The third kappa shape index (κ3) is 21.0. The zero-order chi connectivity index (χ0) is 19.5. The molecule has 1 N–H and O–H groups in total. The van der Waals surface area contributed by atoms with E-state index in [-0.39, 0.29) is 24.4 Å². The van der Waals surface area contributed by atoms with E-state index in [4.69, 9.17) is 23.7 Å². The van der Waals surface area contributed by atoms with E-state index in [2.05, 4.69) is 5.32 Å². The van der Waals surface area contributed by atoms with E-state index in [0.29, 0.717) is 65.8 Å². The highest BCUT2D eigenvalue weighted by molar-refractivity contribution is 5.76. The Bertz CT molecular complexity index is 350. The Kier molecular flexibility index (Phi) is 18.0. The fourth-order valence-corrected chi connectivity index (χ4v) is 1.78. The number of amides is 1. The lowest BCUT2D eigenvalue weighted by Gasteiger charge is -2.09. The third-order valence-corrected chi connectivity index (χ3v) is 2.99. The van der Waals surface area contributed by atoms with Gasteiger partial charge >= 0.3 is 0 Å². The Labute approximate surface area is 156 Å². The van der Waals surface area contributed by atoms with Crippen molar-refractivity contribution in [1.82, 2.24) is 5.32 Å². The van der Waals surface area contributed by atoms with Gasteiger partial charge in [0.2, 0.25) is 5.91 Å². The molecule has 8 nitrogen and oxygen atoms in total. The first kappa shape index (κ1) is 24.9. The van der Waals surface area contributed by atoms with E-state index in [0.717, 1.165) is 6.42 Å². The van der Waals surface area contributed by atoms with Crippen LogP contribution in [0, 0.1) is 0 Å². The van der Waals surface area contributed by atoms with Crippen LogP contribution in [-0.4, -0.2) is 83.8 Å². The number of carbonyl (C=O) groups excluding carboxylic acids is 2. The molecule has 0 aromatic carbocycles. The van der Waals surface area contributed by atoms with Gasteiger partial charge in [0.15, 0.2) is 5.78 Å². The van der Waals surface area contributed by atoms with Gasteiger partial charge < -0.3 is 29.0 Å². The van der Waals surface area contributed by atoms with Gasteiger partial charge in [-0.3, -0.25) is 9.59 Å². The van der Waals surface area contributed by atoms with Crippen molar-refractivity contribution >= 4 is 11.7 Å². The van der Waals surface area contributed by atoms with Crippen LogP contribution in [0.3, 0.4) is 0 Å². The van der Waals surface area contributed by atoms with E-state index in [1.807, 2.05) is 13.8 Å². The lowest BCUT2D eigenvalue weighted by Crippen LogP contribution is -2.27. The minimum Gasteiger partial charge on any atom is -0.379 e. The molecule has 0 radical (unpaired) electrons. The molecule has 26 heavy (non-hydrogen) atoms. The molecule has 8 heteroatoms. The van der Waals surface area contributed by atoms with Crippen LogP contribution in [0.5, 0.6) is 0 Å². The first-order valence-corrected chi connectivity index (χ1v) is 9.21. The molecule has 0 saturated carbocycles. The molecule has 0 aromatic heterocycles. The summed E-state index contributed by atoms with van der Waals surface area (Å²) < 4.78 is 26.4. The second-order valence-electron chi connectivity index (χ2n) is 5.96. The second kappa shape index (κ2) is 18.7. The number of carbonyl (C=O) groups is 2. The van der Waals surface area contributed by atoms with Crippen molar-refractivity contribution in [2.75, 3.05) is 66.0 Å². The van der Waals surface area contributed by atoms with Crippen LogP contribution in [0.1, 0.15) is 33.6 Å². The van der Waals surface area contributed by atoms with Crippen molar-refractivity contribution in [3.63, 3.8) is 0 Å². The second-order valence-corrected chi connectivity index (χ2v) is 5.96. The summed E-state index contributed by atoms with van der Waals surface area (Å²) in [5, 5.41) is 2.80. The van der Waals surface area contributed by atoms with E-state index in [1.54, 1.807) is 0 Å². The first-order valence-electron chi connectivity index (χ1n) is 9.21. The van der Waals surface area contributed by atoms with Gasteiger partial charge in [0.25, 0.3) is 0 Å². The van der Waals surface area contributed by atoms with Gasteiger partial charge in [-0.15, -0.1) is 0 Å². The molecule has 0 bridgehead atoms. The maximum absolute atomic E-state index is 11.5. The molecule has 0 spiro atoms. The summed E-state index contributed by atoms with van der Waals surface area (Å²) in [5.41, 5.74) is 0. The van der Waals surface area contributed by atoms with Gasteiger partial charge in [0, 0.05) is 19.6 Å². The Hall–Kier alpha value is -1.06. The highest BCUT2D eigenvalue weighted by Gasteiger charge is 2.01. The minimum atomic E-state index is 0.00383. The maximum Gasteiger partial charge on any atom is 0.220 e. The molecule has 154 valence electrons. The highest BCUT2D eigenvalue weighted by Crippen LogP contribution is 1.94. The van der Waals surface area contributed by atoms with Gasteiger partial charge in [0.05, 0.1) is 52.4 Å². The van der Waals surface area contributed by atoms with E-state index < -0.39 is 0 Å². The molecule has 0 aliphatic heterocycles. The van der Waals surface area contributed by atoms with Crippen LogP contribution >= 0.6 is 0 Å². The van der Waals surface area contributed by atoms with Gasteiger partial charge in [-0.05, 0) is 27.2 Å². The summed E-state index contributed by atoms with van der Waals surface area (Å²) in [7, 11) is 0. The lowest BCUT2D eigenvalue weighted by molar-refractivity contribution is -0.122. The number of ketones is 1. The lowest BCUT2D eigenvalue weighted by atomic mass is 10.3. The molecule has 0 saturated heterocycles. The molecular weight excluding hydrogens is 342 g/mol. The van der Waals surface area contributed by atoms with Gasteiger partial charge in [-0.2, -0.15) is 0 Å². The zero-order valence-corrected chi connectivity index (χ0v) is 16.4. The Morgan fingerprint density at radius 2 is 1.35 bits per heavy atom. The van der Waals surface area contributed by atoms with Crippen molar-refractivity contribution in [2.24, 2.45) is 0 Å². The number of Topliss-reactive ketones (excluding diaryl/α,β-unsaturated/α-hetero) is 1. The summed E-state index contributed by atoms with van der Waals surface area (Å²) >= 11 is 0. The average molecular weight is 377 g/mol. The van der Waals surface area contributed by atoms with Crippen molar-refractivity contribution in [3.8, 4) is 0 Å². The molecule has 0 aliphatic rings. The van der Waals surface area contributed by atoms with Crippen molar-refractivity contribution in [2.45, 2.75) is 39.7 Å². The fraction of sp³-hybridized carbons (Fsp3) is 0.889. The molecular formula is C18H35NO7. The average Bonchev–Trinajstić information content (AvgIpc) is 2.58. The molecule has 0 aromatic rings. The van der Waals surface area contributed by atoms with Gasteiger partial charge in [-0.1, -0.05) is 0 Å². The van der Waals surface area contributed by atoms with Gasteiger partial charge in [-0.25, -0.2) is 0 Å². The standard InChI is InChI=1S/C18H35NO7/c1-16(2)26-7-4-5-18(21)19-6-8-22-9-10-23-11-12-24-13-14-25-15-17(3)20/h16H,4-15H2,1-3H3,(H,19,21). The van der Waals surface area contributed by atoms with E-state index in [9.17, 15) is 9.59 Å². The first-order chi connectivity index (χ1) is 12.5. The van der Waals surface area contributed by atoms with E-state index >= 15 is 0 Å². The van der Waals surface area contributed by atoms with Gasteiger partial charge in [0.1, 0.15) is 6.61 Å². The summed E-state index contributed by atoms with van der Waals surface area (Å²) in [5.74, 6) is 0.0192. The van der Waals surface area contributed by atoms with Crippen molar-refractivity contribution in [1.29, 1.82) is 0 Å². The molecule has 0 rings (SSSR count). The predicted molar refractivity (Wildman–Crippen MR) is 97.3 cm³/mol. The number of hydrogen-bond acceptors (Lipinski definition) is 7.